The summed E-state index contributed by atoms with van der Waals surface area (Å²) in [6.45, 7) is 2.01. The highest BCUT2D eigenvalue weighted by Crippen LogP contribution is 2.31. The molecule has 0 spiro atoms. The molecule has 0 saturated carbocycles. The Kier molecular flexibility index (Phi) is 10.00. The quantitative estimate of drug-likeness (QED) is 0.593. The van der Waals surface area contributed by atoms with E-state index in [1.807, 2.05) is 0 Å². The highest BCUT2D eigenvalue weighted by Gasteiger charge is 2.39. The van der Waals surface area contributed by atoms with Gasteiger partial charge in [0.2, 0.25) is 5.91 Å². The van der Waals surface area contributed by atoms with E-state index in [9.17, 15) is 9.90 Å². The van der Waals surface area contributed by atoms with Crippen molar-refractivity contribution in [2.45, 2.75) is 18.9 Å². The number of piperidine rings is 1. The molecule has 9 heteroatoms. The van der Waals surface area contributed by atoms with Gasteiger partial charge in [0.15, 0.2) is 0 Å². The van der Waals surface area contributed by atoms with Crippen LogP contribution in [0.4, 0.5) is 0 Å². The third-order valence-electron chi connectivity index (χ3n) is 4.31. The van der Waals surface area contributed by atoms with Crippen molar-refractivity contribution in [2.24, 2.45) is 5.41 Å². The number of aliphatic hydroxyl groups excluding tert-OH is 1. The number of methoxy groups -OCH3 is 1. The Morgan fingerprint density at radius 1 is 1.38 bits per heavy atom. The smallest absolute Gasteiger partial charge is 0.228 e. The van der Waals surface area contributed by atoms with Gasteiger partial charge in [0.25, 0.3) is 0 Å². The summed E-state index contributed by atoms with van der Waals surface area (Å²) in [5, 5.41) is 16.8. The molecule has 26 heavy (non-hydrogen) atoms. The lowest BCUT2D eigenvalue weighted by Gasteiger charge is -2.35. The second kappa shape index (κ2) is 11.2. The van der Waals surface area contributed by atoms with E-state index in [2.05, 4.69) is 10.6 Å². The van der Waals surface area contributed by atoms with Gasteiger partial charge in [0.05, 0.1) is 17.0 Å². The number of amides is 1. The van der Waals surface area contributed by atoms with Gasteiger partial charge >= 0.3 is 0 Å². The summed E-state index contributed by atoms with van der Waals surface area (Å²) in [5.41, 5.74) is -0.545. The molecule has 1 heterocycles. The van der Waals surface area contributed by atoms with E-state index in [4.69, 9.17) is 32.7 Å². The summed E-state index contributed by atoms with van der Waals surface area (Å²) >= 11 is 11.9. The first-order chi connectivity index (χ1) is 12.0. The van der Waals surface area contributed by atoms with E-state index in [1.54, 1.807) is 25.3 Å². The zero-order valence-corrected chi connectivity index (χ0v) is 16.9. The summed E-state index contributed by atoms with van der Waals surface area (Å²) in [5.74, 6) is 0.296. The van der Waals surface area contributed by atoms with Crippen LogP contribution >= 0.6 is 35.6 Å². The molecule has 0 aromatic heterocycles. The highest BCUT2D eigenvalue weighted by molar-refractivity contribution is 6.42. The van der Waals surface area contributed by atoms with Gasteiger partial charge in [-0.3, -0.25) is 4.79 Å². The predicted molar refractivity (Wildman–Crippen MR) is 105 cm³/mol. The Hall–Kier alpha value is -0.760. The van der Waals surface area contributed by atoms with E-state index >= 15 is 0 Å². The second-order valence-corrected chi connectivity index (χ2v) is 6.98. The van der Waals surface area contributed by atoms with Crippen molar-refractivity contribution in [1.29, 1.82) is 0 Å². The van der Waals surface area contributed by atoms with Gasteiger partial charge in [0.1, 0.15) is 23.5 Å². The summed E-state index contributed by atoms with van der Waals surface area (Å²) in [7, 11) is 1.59. The lowest BCUT2D eigenvalue weighted by Crippen LogP contribution is -2.51. The summed E-state index contributed by atoms with van der Waals surface area (Å²) < 4.78 is 10.7. The third kappa shape index (κ3) is 6.15. The molecular weight excluding hydrogens is 403 g/mol. The average molecular weight is 428 g/mol. The normalized spacial score (nSPS) is 17.1. The minimum absolute atomic E-state index is 0. The Labute approximate surface area is 169 Å². The summed E-state index contributed by atoms with van der Waals surface area (Å²) in [4.78, 5) is 12.6. The first-order valence-corrected chi connectivity index (χ1v) is 8.97. The fraction of sp³-hybridized carbons (Fsp3) is 0.588. The minimum Gasteiger partial charge on any atom is -0.489 e. The molecule has 1 amide bonds. The fourth-order valence-corrected chi connectivity index (χ4v) is 3.20. The third-order valence-corrected chi connectivity index (χ3v) is 5.11. The molecule has 1 aromatic rings. The van der Waals surface area contributed by atoms with E-state index in [0.717, 1.165) is 13.1 Å². The van der Waals surface area contributed by atoms with E-state index in [-0.39, 0.29) is 31.5 Å². The molecule has 1 aliphatic rings. The van der Waals surface area contributed by atoms with Crippen LogP contribution in [0.2, 0.25) is 10.0 Å². The molecular formula is C17H25Cl3N2O4. The van der Waals surface area contributed by atoms with Crippen molar-refractivity contribution in [3.63, 3.8) is 0 Å². The van der Waals surface area contributed by atoms with Crippen LogP contribution in [0.15, 0.2) is 18.2 Å². The van der Waals surface area contributed by atoms with Crippen molar-refractivity contribution in [1.82, 2.24) is 10.6 Å². The standard InChI is InChI=1S/C17H24Cl2N2O4.ClH/c1-24-11-17(5-7-20-8-6-17)16(23)21-9-12(22)10-25-14-4-2-3-13(18)15(14)19;/h2-4,12,20,22H,5-11H2,1H3,(H,21,23);1H. The molecule has 1 aromatic carbocycles. The number of benzene rings is 1. The molecule has 1 atom stereocenters. The maximum Gasteiger partial charge on any atom is 0.228 e. The number of hydrogen-bond acceptors (Lipinski definition) is 5. The van der Waals surface area contributed by atoms with Gasteiger partial charge in [0, 0.05) is 13.7 Å². The van der Waals surface area contributed by atoms with Crippen molar-refractivity contribution in [3.05, 3.63) is 28.2 Å². The number of halogens is 3. The van der Waals surface area contributed by atoms with E-state index in [1.165, 1.54) is 0 Å². The Morgan fingerprint density at radius 3 is 2.73 bits per heavy atom. The van der Waals surface area contributed by atoms with Crippen LogP contribution in [0.25, 0.3) is 0 Å². The van der Waals surface area contributed by atoms with Crippen LogP contribution in [-0.4, -0.2) is 57.1 Å². The Bertz CT molecular complexity index is 578. The monoisotopic (exact) mass is 426 g/mol. The molecule has 0 radical (unpaired) electrons. The number of aliphatic hydroxyl groups is 1. The predicted octanol–water partition coefficient (Wildman–Crippen LogP) is 2.29. The maximum absolute atomic E-state index is 12.6. The molecule has 0 bridgehead atoms. The molecule has 1 fully saturated rings. The molecule has 2 rings (SSSR count). The number of hydrogen-bond donors (Lipinski definition) is 3. The van der Waals surface area contributed by atoms with Crippen LogP contribution < -0.4 is 15.4 Å². The number of carbonyl (C=O) groups excluding carboxylic acids is 1. The molecule has 3 N–H and O–H groups in total. The topological polar surface area (TPSA) is 79.8 Å². The van der Waals surface area contributed by atoms with Crippen molar-refractivity contribution >= 4 is 41.5 Å². The number of carbonyl (C=O) groups is 1. The summed E-state index contributed by atoms with van der Waals surface area (Å²) in [6, 6.07) is 5.03. The van der Waals surface area contributed by atoms with Crippen molar-refractivity contribution in [3.8, 4) is 5.75 Å². The van der Waals surface area contributed by atoms with Crippen LogP contribution in [0.1, 0.15) is 12.8 Å². The molecule has 148 valence electrons. The number of rotatable bonds is 8. The van der Waals surface area contributed by atoms with E-state index < -0.39 is 11.5 Å². The van der Waals surface area contributed by atoms with Gasteiger partial charge in [-0.15, -0.1) is 12.4 Å². The average Bonchev–Trinajstić information content (AvgIpc) is 2.62. The minimum atomic E-state index is -0.861. The van der Waals surface area contributed by atoms with Crippen LogP contribution in [0.3, 0.4) is 0 Å². The first-order valence-electron chi connectivity index (χ1n) is 8.21. The molecule has 1 unspecified atom stereocenters. The van der Waals surface area contributed by atoms with Crippen LogP contribution in [0.5, 0.6) is 5.75 Å². The number of nitrogens with one attached hydrogen (secondary N) is 2. The lowest BCUT2D eigenvalue weighted by atomic mass is 9.78. The molecule has 1 aliphatic heterocycles. The fourth-order valence-electron chi connectivity index (χ4n) is 2.86. The lowest BCUT2D eigenvalue weighted by molar-refractivity contribution is -0.136. The largest absolute Gasteiger partial charge is 0.489 e. The Morgan fingerprint density at radius 2 is 2.08 bits per heavy atom. The van der Waals surface area contributed by atoms with Gasteiger partial charge in [-0.1, -0.05) is 29.3 Å². The molecule has 0 aliphatic carbocycles. The Balaban J connectivity index is 0.00000338. The van der Waals surface area contributed by atoms with Crippen molar-refractivity contribution in [2.75, 3.05) is 40.0 Å². The number of ether oxygens (including phenoxy) is 2. The van der Waals surface area contributed by atoms with Gasteiger partial charge < -0.3 is 25.2 Å². The molecule has 6 nitrogen and oxygen atoms in total. The zero-order chi connectivity index (χ0) is 18.3. The van der Waals surface area contributed by atoms with Crippen molar-refractivity contribution < 1.29 is 19.4 Å². The maximum atomic E-state index is 12.6. The van der Waals surface area contributed by atoms with Gasteiger partial charge in [-0.25, -0.2) is 0 Å². The SMILES string of the molecule is COCC1(C(=O)NCC(O)COc2cccc(Cl)c2Cl)CCNCC1.Cl. The van der Waals surface area contributed by atoms with E-state index in [0.29, 0.717) is 35.2 Å². The van der Waals surface area contributed by atoms with Crippen LogP contribution in [-0.2, 0) is 9.53 Å². The highest BCUT2D eigenvalue weighted by atomic mass is 35.5. The zero-order valence-electron chi connectivity index (χ0n) is 14.6. The second-order valence-electron chi connectivity index (χ2n) is 6.19. The molecule has 1 saturated heterocycles. The van der Waals surface area contributed by atoms with Gasteiger partial charge in [-0.2, -0.15) is 0 Å². The van der Waals surface area contributed by atoms with Crippen LogP contribution in [0, 0.1) is 5.41 Å². The first kappa shape index (κ1) is 23.3. The van der Waals surface area contributed by atoms with Gasteiger partial charge in [-0.05, 0) is 38.1 Å². The summed E-state index contributed by atoms with van der Waals surface area (Å²) in [6.07, 6.45) is 0.551.